The summed E-state index contributed by atoms with van der Waals surface area (Å²) in [6, 6.07) is 94.1. The summed E-state index contributed by atoms with van der Waals surface area (Å²) in [6.07, 6.45) is 10.4. The summed E-state index contributed by atoms with van der Waals surface area (Å²) in [4.78, 5) is 92.8. The van der Waals surface area contributed by atoms with Crippen LogP contribution in [-0.4, -0.2) is 81.7 Å². The molecule has 0 N–H and O–H groups in total. The van der Waals surface area contributed by atoms with E-state index < -0.39 is 0 Å². The molecule has 8 aromatic carbocycles. The van der Waals surface area contributed by atoms with Gasteiger partial charge >= 0.3 is 40.2 Å². The van der Waals surface area contributed by atoms with E-state index in [0.29, 0.717) is 45.3 Å². The minimum atomic E-state index is -0.339. The fraction of sp³-hybridized carbons (Fsp3) is 0.0465. The van der Waals surface area contributed by atoms with E-state index >= 15 is 0 Å². The van der Waals surface area contributed by atoms with Gasteiger partial charge in [0.2, 0.25) is 23.6 Å². The first kappa shape index (κ1) is 69.7. The Balaban J connectivity index is 0.00000491. The molecule has 6 aromatic heterocycles. The Kier molecular flexibility index (Phi) is 21.4. The van der Waals surface area contributed by atoms with Crippen LogP contribution < -0.4 is 19.6 Å². The number of hydrogen-bond acceptors (Lipinski definition) is 10. The molecule has 494 valence electrons. The Morgan fingerprint density at radius 2 is 0.529 bits per heavy atom. The second-order valence-corrected chi connectivity index (χ2v) is 23.5. The monoisotopic (exact) mass is 1680 g/mol. The van der Waals surface area contributed by atoms with Gasteiger partial charge in [0.05, 0.1) is 0 Å². The summed E-state index contributed by atoms with van der Waals surface area (Å²) in [5, 5.41) is 0. The molecule has 0 radical (unpaired) electrons. The number of anilines is 4. The number of hydrogen-bond donors (Lipinski definition) is 0. The zero-order valence-electron chi connectivity index (χ0n) is 55.3. The van der Waals surface area contributed by atoms with Crippen LogP contribution in [0.3, 0.4) is 0 Å². The maximum atomic E-state index is 14.8. The Bertz CT molecular complexity index is 4720. The van der Waals surface area contributed by atoms with E-state index in [-0.39, 0.29) is 86.1 Å². The van der Waals surface area contributed by atoms with Gasteiger partial charge in [0, 0.05) is 75.2 Å². The van der Waals surface area contributed by atoms with Crippen LogP contribution in [0, 0.1) is 36.4 Å². The van der Waals surface area contributed by atoms with Crippen molar-refractivity contribution in [3.63, 3.8) is 0 Å². The standard InChI is InChI=1S/C86H58N10O4.2Ir/c1-93(69-35-25-57(26-36-69)77-21-9-13-45-87-77)83(97)65-49-63(50-66(53-65)84(98)94(2)70-37-27-58(28-38-70)78-22-10-14-46-88-78)75-19-7-5-17-73(75)61-33-43-81(91-55-61)82-44-34-62(56-92-82)74-18-6-8-20-76(74)64-51-67(85(99)95(3)71-39-29-59(30-40-71)79-23-11-15-47-89-79)54-68(52-64)86(100)96(4)72-41-31-60(32-42-72)80-24-12-16-48-90-80;;/h5-25,27,29,31,33-42,45-56H,1-4H3;;/q-6;2*+3. The van der Waals surface area contributed by atoms with Crippen LogP contribution in [0.2, 0.25) is 0 Å². The van der Waals surface area contributed by atoms with Gasteiger partial charge in [-0.3, -0.25) is 19.2 Å². The summed E-state index contributed by atoms with van der Waals surface area (Å²) in [5.41, 5.74) is 16.3. The molecule has 0 spiro atoms. The van der Waals surface area contributed by atoms with Crippen molar-refractivity contribution < 1.29 is 59.4 Å². The van der Waals surface area contributed by atoms with Crippen molar-refractivity contribution in [3.8, 4) is 101 Å². The molecule has 6 heterocycles. The molecule has 0 aliphatic carbocycles. The molecule has 14 aromatic rings. The summed E-state index contributed by atoms with van der Waals surface area (Å²) in [6.45, 7) is 0. The number of carbonyl (C=O) groups excluding carboxylic acids is 4. The van der Waals surface area contributed by atoms with Crippen molar-refractivity contribution >= 4 is 46.4 Å². The van der Waals surface area contributed by atoms with E-state index in [4.69, 9.17) is 9.97 Å². The molecule has 102 heavy (non-hydrogen) atoms. The van der Waals surface area contributed by atoms with Crippen LogP contribution in [0.1, 0.15) is 41.4 Å². The van der Waals surface area contributed by atoms with Crippen LogP contribution in [0.4, 0.5) is 22.7 Å². The maximum absolute atomic E-state index is 14.8. The second-order valence-electron chi connectivity index (χ2n) is 23.5. The summed E-state index contributed by atoms with van der Waals surface area (Å²) >= 11 is 0. The molecule has 0 atom stereocenters. The largest absolute Gasteiger partial charge is 3.00 e. The second kappa shape index (κ2) is 31.4. The predicted molar refractivity (Wildman–Crippen MR) is 392 cm³/mol. The Hall–Kier alpha value is -12.2. The number of carbonyl (C=O) groups is 4. The van der Waals surface area contributed by atoms with Crippen LogP contribution in [0.15, 0.2) is 280 Å². The average Bonchev–Trinajstić information content (AvgIpc) is 0.785. The van der Waals surface area contributed by atoms with Crippen molar-refractivity contribution in [1.82, 2.24) is 29.9 Å². The van der Waals surface area contributed by atoms with Gasteiger partial charge in [-0.05, 0) is 141 Å². The first-order chi connectivity index (χ1) is 48.9. The molecule has 4 amide bonds. The molecular weight excluding hydrogens is 1620 g/mol. The Labute approximate surface area is 618 Å². The Morgan fingerprint density at radius 3 is 0.745 bits per heavy atom. The van der Waals surface area contributed by atoms with Crippen LogP contribution in [0.5, 0.6) is 0 Å². The molecule has 0 saturated carbocycles. The number of aromatic nitrogens is 6. The Morgan fingerprint density at radius 1 is 0.275 bits per heavy atom. The van der Waals surface area contributed by atoms with E-state index in [1.165, 1.54) is 0 Å². The van der Waals surface area contributed by atoms with E-state index in [1.54, 1.807) is 146 Å². The van der Waals surface area contributed by atoms with Crippen molar-refractivity contribution in [2.75, 3.05) is 47.8 Å². The molecule has 0 saturated heterocycles. The van der Waals surface area contributed by atoms with Crippen molar-refractivity contribution in [2.24, 2.45) is 0 Å². The molecule has 16 heteroatoms. The predicted octanol–water partition coefficient (Wildman–Crippen LogP) is 17.0. The summed E-state index contributed by atoms with van der Waals surface area (Å²) < 4.78 is 0. The smallest absolute Gasteiger partial charge is 0.357 e. The summed E-state index contributed by atoms with van der Waals surface area (Å²) in [7, 11) is 6.79. The van der Waals surface area contributed by atoms with Gasteiger partial charge in [0.25, 0.3) is 0 Å². The number of benzene rings is 8. The van der Waals surface area contributed by atoms with Crippen LogP contribution in [0.25, 0.3) is 101 Å². The SMILES string of the molecule is CN(C(=O)c1cc(C(=O)N(C)c2c[c-]c(-c3ccccn3)cc2)cc(-c2ccccc2-c2c[c-]c(-c3[c-]cc(-c4ccccc4-c4cc(C(=O)N(C)c5c[c-]c(-c6ccccn6)cc5)cc(C(=O)N(C)c5c[c-]c(-c6ccccn6)cc5)c4)cn3)nc2)c1)c1c[c-]c(-c2ccccn2)cc1.[Ir+3].[Ir+3]. The third kappa shape index (κ3) is 15.0. The number of nitrogens with zero attached hydrogens (tertiary/aromatic N) is 10. The normalized spacial score (nSPS) is 10.7. The molecule has 0 unspecified atom stereocenters. The number of pyridine rings is 6. The first-order valence-electron chi connectivity index (χ1n) is 32.0. The zero-order valence-corrected chi connectivity index (χ0v) is 60.1. The average molecular weight is 1680 g/mol. The van der Waals surface area contributed by atoms with Gasteiger partial charge in [0.1, 0.15) is 0 Å². The molecule has 14 rings (SSSR count). The number of rotatable bonds is 17. The van der Waals surface area contributed by atoms with E-state index in [0.717, 1.165) is 78.4 Å². The van der Waals surface area contributed by atoms with Gasteiger partial charge in [-0.1, -0.05) is 119 Å². The van der Waals surface area contributed by atoms with Crippen molar-refractivity contribution in [1.29, 1.82) is 0 Å². The zero-order chi connectivity index (χ0) is 68.6. The maximum Gasteiger partial charge on any atom is 3.00 e. The van der Waals surface area contributed by atoms with Crippen LogP contribution >= 0.6 is 0 Å². The van der Waals surface area contributed by atoms with E-state index in [9.17, 15) is 19.2 Å². The minimum Gasteiger partial charge on any atom is -0.357 e. The van der Waals surface area contributed by atoms with Crippen LogP contribution in [-0.2, 0) is 40.2 Å². The molecule has 0 aliphatic heterocycles. The molecule has 0 fully saturated rings. The molecule has 14 nitrogen and oxygen atoms in total. The molecule has 0 bridgehead atoms. The molecule has 0 aliphatic rings. The van der Waals surface area contributed by atoms with Gasteiger partial charge in [-0.2, -0.15) is 12.1 Å². The van der Waals surface area contributed by atoms with E-state index in [1.807, 2.05) is 182 Å². The third-order valence-corrected chi connectivity index (χ3v) is 17.3. The quantitative estimate of drug-likeness (QED) is 0.0803. The van der Waals surface area contributed by atoms with Gasteiger partial charge < -0.3 is 49.5 Å². The fourth-order valence-corrected chi connectivity index (χ4v) is 11.8. The van der Waals surface area contributed by atoms with Crippen molar-refractivity contribution in [2.45, 2.75) is 0 Å². The fourth-order valence-electron chi connectivity index (χ4n) is 11.8. The minimum absolute atomic E-state index is 0. The third-order valence-electron chi connectivity index (χ3n) is 17.3. The van der Waals surface area contributed by atoms with Gasteiger partial charge in [-0.25, -0.2) is 12.1 Å². The first-order valence-corrected chi connectivity index (χ1v) is 32.0. The molecular formula is C86H58Ir2N10O4. The topological polar surface area (TPSA) is 159 Å². The van der Waals surface area contributed by atoms with Gasteiger partial charge in [-0.15, -0.1) is 131 Å². The van der Waals surface area contributed by atoms with Crippen molar-refractivity contribution in [3.05, 3.63) is 338 Å². The number of amides is 4. The van der Waals surface area contributed by atoms with E-state index in [2.05, 4.69) is 56.3 Å². The van der Waals surface area contributed by atoms with Gasteiger partial charge in [0.15, 0.2) is 0 Å². The summed E-state index contributed by atoms with van der Waals surface area (Å²) in [5.74, 6) is -1.36.